The van der Waals surface area contributed by atoms with Gasteiger partial charge in [-0.3, -0.25) is 0 Å². The summed E-state index contributed by atoms with van der Waals surface area (Å²) >= 11 is 4.86. The van der Waals surface area contributed by atoms with Crippen LogP contribution in [0.15, 0.2) is 34.0 Å². The number of ether oxygens (including phenoxy) is 3. The van der Waals surface area contributed by atoms with Crippen molar-refractivity contribution in [1.29, 1.82) is 0 Å². The Kier molecular flexibility index (Phi) is 5.72. The van der Waals surface area contributed by atoms with Gasteiger partial charge in [-0.2, -0.15) is 9.37 Å². The van der Waals surface area contributed by atoms with Crippen molar-refractivity contribution in [2.24, 2.45) is 0 Å². The van der Waals surface area contributed by atoms with E-state index < -0.39 is 12.1 Å². The number of aromatic nitrogens is 3. The first-order valence-corrected chi connectivity index (χ1v) is 11.9. The molecule has 0 N–H and O–H groups in total. The molecule has 162 valence electrons. The van der Waals surface area contributed by atoms with Crippen molar-refractivity contribution in [3.05, 3.63) is 40.2 Å². The minimum Gasteiger partial charge on any atom is -0.435 e. The Bertz CT molecular complexity index is 1150. The number of para-hydroxylation sites is 1. The van der Waals surface area contributed by atoms with E-state index in [1.165, 1.54) is 11.8 Å². The lowest BCUT2D eigenvalue weighted by atomic mass is 10.0. The Morgan fingerprint density at radius 1 is 1.26 bits per heavy atom. The summed E-state index contributed by atoms with van der Waals surface area (Å²) in [7, 11) is 0. The van der Waals surface area contributed by atoms with Gasteiger partial charge < -0.3 is 19.1 Å². The average molecular weight is 507 g/mol. The summed E-state index contributed by atoms with van der Waals surface area (Å²) in [5.74, 6) is 0.264. The van der Waals surface area contributed by atoms with Gasteiger partial charge in [-0.15, -0.1) is 0 Å². The van der Waals surface area contributed by atoms with Crippen LogP contribution in [0.25, 0.3) is 10.9 Å². The second-order valence-corrected chi connectivity index (χ2v) is 8.97. The molecule has 7 nitrogen and oxygen atoms in total. The van der Waals surface area contributed by atoms with Crippen LogP contribution in [-0.2, 0) is 9.47 Å². The average Bonchev–Trinajstić information content (AvgIpc) is 3.31. The molecule has 5 rings (SSSR count). The van der Waals surface area contributed by atoms with E-state index in [1.807, 2.05) is 24.5 Å². The third-order valence-electron chi connectivity index (χ3n) is 5.46. The molecule has 0 spiro atoms. The highest BCUT2D eigenvalue weighted by Gasteiger charge is 2.31. The van der Waals surface area contributed by atoms with Gasteiger partial charge in [0.15, 0.2) is 17.2 Å². The lowest BCUT2D eigenvalue weighted by Gasteiger charge is -2.40. The fourth-order valence-electron chi connectivity index (χ4n) is 3.67. The van der Waals surface area contributed by atoms with E-state index in [-0.39, 0.29) is 11.4 Å². The summed E-state index contributed by atoms with van der Waals surface area (Å²) < 4.78 is 33.6. The second-order valence-electron chi connectivity index (χ2n) is 7.34. The molecule has 4 heterocycles. The molecule has 1 atom stereocenters. The van der Waals surface area contributed by atoms with Gasteiger partial charge in [0.25, 0.3) is 5.88 Å². The number of benzene rings is 1. The largest absolute Gasteiger partial charge is 0.435 e. The summed E-state index contributed by atoms with van der Waals surface area (Å²) in [5, 5.41) is 1.06. The minimum atomic E-state index is -0.625. The summed E-state index contributed by atoms with van der Waals surface area (Å²) in [4.78, 5) is 15.4. The topological polar surface area (TPSA) is 69.6 Å². The third kappa shape index (κ3) is 3.75. The Hall–Kier alpha value is -2.01. The molecule has 0 amide bonds. The Morgan fingerprint density at radius 3 is 2.74 bits per heavy atom. The van der Waals surface area contributed by atoms with Crippen LogP contribution in [0.1, 0.15) is 25.2 Å². The predicted molar refractivity (Wildman–Crippen MR) is 119 cm³/mol. The van der Waals surface area contributed by atoms with Gasteiger partial charge in [-0.25, -0.2) is 9.97 Å². The SMILES string of the molecule is CSc1ncc2c(N3CC[C@@H]3C)nc(Oc3c(Br)cccc3C3OCCO3)c(F)c2n1. The first-order chi connectivity index (χ1) is 15.1. The predicted octanol–water partition coefficient (Wildman–Crippen LogP) is 5.08. The van der Waals surface area contributed by atoms with Gasteiger partial charge in [0.1, 0.15) is 11.3 Å². The van der Waals surface area contributed by atoms with Gasteiger partial charge in [0.05, 0.1) is 28.6 Å². The zero-order valence-corrected chi connectivity index (χ0v) is 19.4. The maximum Gasteiger partial charge on any atom is 0.260 e. The molecule has 10 heteroatoms. The number of hydrogen-bond acceptors (Lipinski definition) is 8. The molecule has 2 fully saturated rings. The van der Waals surface area contributed by atoms with Crippen LogP contribution >= 0.6 is 27.7 Å². The van der Waals surface area contributed by atoms with Crippen LogP contribution in [0, 0.1) is 5.82 Å². The van der Waals surface area contributed by atoms with Crippen molar-refractivity contribution in [3.63, 3.8) is 0 Å². The van der Waals surface area contributed by atoms with E-state index in [1.54, 1.807) is 6.20 Å². The first-order valence-electron chi connectivity index (χ1n) is 9.93. The van der Waals surface area contributed by atoms with E-state index >= 15 is 4.39 Å². The van der Waals surface area contributed by atoms with Crippen LogP contribution in [0.5, 0.6) is 11.6 Å². The number of nitrogens with zero attached hydrogens (tertiary/aromatic N) is 4. The van der Waals surface area contributed by atoms with Crippen LogP contribution in [0.3, 0.4) is 0 Å². The molecule has 0 aliphatic carbocycles. The number of halogens is 2. The molecule has 31 heavy (non-hydrogen) atoms. The fourth-order valence-corrected chi connectivity index (χ4v) is 4.48. The van der Waals surface area contributed by atoms with Gasteiger partial charge in [-0.05, 0) is 41.6 Å². The monoisotopic (exact) mass is 506 g/mol. The van der Waals surface area contributed by atoms with Crippen molar-refractivity contribution < 1.29 is 18.6 Å². The van der Waals surface area contributed by atoms with E-state index in [9.17, 15) is 0 Å². The highest BCUT2D eigenvalue weighted by atomic mass is 79.9. The van der Waals surface area contributed by atoms with E-state index in [0.29, 0.717) is 51.4 Å². The van der Waals surface area contributed by atoms with Gasteiger partial charge >= 0.3 is 0 Å². The molecule has 2 aromatic heterocycles. The Balaban J connectivity index is 1.65. The summed E-state index contributed by atoms with van der Waals surface area (Å²) in [5.41, 5.74) is 0.861. The standard InChI is InChI=1S/C21H20BrFN4O3S/c1-11-6-7-27(11)18-13-10-24-21(31-2)25-16(13)15(23)19(26-18)30-17-12(4-3-5-14(17)22)20-28-8-9-29-20/h3-5,10-11,20H,6-9H2,1-2H3/t11-/m0/s1. The fraction of sp³-hybridized carbons (Fsp3) is 0.381. The lowest BCUT2D eigenvalue weighted by molar-refractivity contribution is -0.0453. The van der Waals surface area contributed by atoms with E-state index in [4.69, 9.17) is 14.2 Å². The molecule has 2 aliphatic rings. The molecule has 2 saturated heterocycles. The molecule has 3 aromatic rings. The van der Waals surface area contributed by atoms with E-state index in [0.717, 1.165) is 13.0 Å². The number of pyridine rings is 1. The first kappa shape index (κ1) is 20.9. The summed E-state index contributed by atoms with van der Waals surface area (Å²) in [6, 6.07) is 5.81. The van der Waals surface area contributed by atoms with Crippen molar-refractivity contribution in [2.75, 3.05) is 30.9 Å². The second kappa shape index (κ2) is 8.50. The zero-order chi connectivity index (χ0) is 21.5. The minimum absolute atomic E-state index is 0.140. The van der Waals surface area contributed by atoms with Crippen molar-refractivity contribution in [1.82, 2.24) is 15.0 Å². The quantitative estimate of drug-likeness (QED) is 0.350. The van der Waals surface area contributed by atoms with Crippen molar-refractivity contribution in [2.45, 2.75) is 30.8 Å². The molecular formula is C21H20BrFN4O3S. The third-order valence-corrected chi connectivity index (χ3v) is 6.64. The van der Waals surface area contributed by atoms with Crippen LogP contribution < -0.4 is 9.64 Å². The number of hydrogen-bond donors (Lipinski definition) is 0. The van der Waals surface area contributed by atoms with Gasteiger partial charge in [0, 0.05) is 18.8 Å². The van der Waals surface area contributed by atoms with Gasteiger partial charge in [-0.1, -0.05) is 23.9 Å². The number of rotatable bonds is 5. The number of anilines is 1. The zero-order valence-electron chi connectivity index (χ0n) is 17.0. The van der Waals surface area contributed by atoms with Crippen molar-refractivity contribution >= 4 is 44.4 Å². The Morgan fingerprint density at radius 2 is 2.06 bits per heavy atom. The van der Waals surface area contributed by atoms with Crippen LogP contribution in [0.4, 0.5) is 10.2 Å². The van der Waals surface area contributed by atoms with Crippen molar-refractivity contribution in [3.8, 4) is 11.6 Å². The molecule has 0 saturated carbocycles. The molecular weight excluding hydrogens is 487 g/mol. The lowest BCUT2D eigenvalue weighted by Crippen LogP contribution is -2.46. The van der Waals surface area contributed by atoms with Crippen LogP contribution in [0.2, 0.25) is 0 Å². The van der Waals surface area contributed by atoms with E-state index in [2.05, 4.69) is 42.7 Å². The molecule has 2 aliphatic heterocycles. The molecule has 0 bridgehead atoms. The number of fused-ring (bicyclic) bond motifs is 1. The molecule has 0 radical (unpaired) electrons. The highest BCUT2D eigenvalue weighted by Crippen LogP contribution is 2.42. The highest BCUT2D eigenvalue weighted by molar-refractivity contribution is 9.10. The number of thioether (sulfide) groups is 1. The normalized spacial score (nSPS) is 19.1. The van der Waals surface area contributed by atoms with Crippen LogP contribution in [-0.4, -0.2) is 47.0 Å². The Labute approximate surface area is 191 Å². The summed E-state index contributed by atoms with van der Waals surface area (Å²) in [6.07, 6.45) is 3.96. The maximum atomic E-state index is 15.6. The smallest absolute Gasteiger partial charge is 0.260 e. The maximum absolute atomic E-state index is 15.6. The molecule has 0 unspecified atom stereocenters. The van der Waals surface area contributed by atoms with Gasteiger partial charge in [0.2, 0.25) is 5.82 Å². The molecule has 1 aromatic carbocycles. The summed E-state index contributed by atoms with van der Waals surface area (Å²) in [6.45, 7) is 3.93.